The van der Waals surface area contributed by atoms with E-state index in [2.05, 4.69) is 0 Å². The molecule has 0 aliphatic carbocycles. The molecule has 3 aromatic carbocycles. The molecule has 4 rings (SSSR count). The molecule has 8 nitrogen and oxygen atoms in total. The van der Waals surface area contributed by atoms with Crippen LogP contribution in [-0.2, 0) is 24.4 Å². The van der Waals surface area contributed by atoms with E-state index in [0.717, 1.165) is 4.57 Å². The molecule has 0 saturated heterocycles. The van der Waals surface area contributed by atoms with E-state index in [1.807, 2.05) is 5.32 Å². The molecule has 1 amide bonds. The lowest BCUT2D eigenvalue weighted by molar-refractivity contribution is -0.139. The monoisotopic (exact) mass is 547 g/mol. The fourth-order valence-electron chi connectivity index (χ4n) is 4.12. The third-order valence-corrected chi connectivity index (χ3v) is 6.01. The second-order valence-corrected chi connectivity index (χ2v) is 8.55. The van der Waals surface area contributed by atoms with Crippen molar-refractivity contribution in [3.05, 3.63) is 110 Å². The zero-order chi connectivity index (χ0) is 28.6. The molecule has 0 spiro atoms. The van der Waals surface area contributed by atoms with E-state index in [1.54, 1.807) is 12.1 Å². The number of nitrogens with one attached hydrogen (secondary N) is 1. The normalized spacial score (nSPS) is 12.4. The van der Waals surface area contributed by atoms with Crippen LogP contribution >= 0.6 is 0 Å². The highest BCUT2D eigenvalue weighted by Gasteiger charge is 2.34. The van der Waals surface area contributed by atoms with E-state index in [1.165, 1.54) is 48.1 Å². The Morgan fingerprint density at radius 2 is 1.59 bits per heavy atom. The van der Waals surface area contributed by atoms with Crippen molar-refractivity contribution in [3.63, 3.8) is 0 Å². The van der Waals surface area contributed by atoms with Crippen LogP contribution in [0.25, 0.3) is 16.5 Å². The highest BCUT2D eigenvalue weighted by molar-refractivity contribution is 5.98. The van der Waals surface area contributed by atoms with Gasteiger partial charge < -0.3 is 15.0 Å². The summed E-state index contributed by atoms with van der Waals surface area (Å²) in [7, 11) is 1.46. The standard InChI is InChI=1S/C26H18F5N3O5/c1-33-9-8-21(35)34(25(33)39)20-7-3-5-15-13(4-2-6-16(15)20)10-19(24(37)38)32-23(36)22-17(27)11-14(12-18(22)28)26(29,30)31/h2-9,11-12,19H,10H2,1H3,(H,32,36)(H,37,38)/t19-/m0/s1. The fourth-order valence-corrected chi connectivity index (χ4v) is 4.12. The van der Waals surface area contributed by atoms with Crippen molar-refractivity contribution in [1.82, 2.24) is 14.5 Å². The lowest BCUT2D eigenvalue weighted by Crippen LogP contribution is -2.43. The van der Waals surface area contributed by atoms with Crippen molar-refractivity contribution in [1.29, 1.82) is 0 Å². The highest BCUT2D eigenvalue weighted by Crippen LogP contribution is 2.31. The van der Waals surface area contributed by atoms with E-state index in [-0.39, 0.29) is 17.8 Å². The third-order valence-electron chi connectivity index (χ3n) is 6.01. The molecule has 0 bridgehead atoms. The molecule has 39 heavy (non-hydrogen) atoms. The molecule has 1 heterocycles. The van der Waals surface area contributed by atoms with Gasteiger partial charge in [-0.1, -0.05) is 30.3 Å². The zero-order valence-electron chi connectivity index (χ0n) is 19.9. The maximum atomic E-state index is 14.3. The van der Waals surface area contributed by atoms with Crippen LogP contribution < -0.4 is 16.6 Å². The molecular weight excluding hydrogens is 529 g/mol. The van der Waals surface area contributed by atoms with Gasteiger partial charge in [0.15, 0.2) is 0 Å². The first kappa shape index (κ1) is 27.2. The second kappa shape index (κ2) is 10.2. The maximum absolute atomic E-state index is 14.3. The number of hydrogen-bond acceptors (Lipinski definition) is 4. The summed E-state index contributed by atoms with van der Waals surface area (Å²) in [6, 6.07) is 8.58. The fraction of sp³-hybridized carbons (Fsp3) is 0.154. The van der Waals surface area contributed by atoms with Crippen LogP contribution in [0.1, 0.15) is 21.5 Å². The number of carbonyl (C=O) groups excluding carboxylic acids is 1. The maximum Gasteiger partial charge on any atom is 0.416 e. The smallest absolute Gasteiger partial charge is 0.416 e. The molecule has 0 saturated carbocycles. The van der Waals surface area contributed by atoms with Gasteiger partial charge in [-0.05, 0) is 29.1 Å². The Morgan fingerprint density at radius 3 is 2.21 bits per heavy atom. The number of fused-ring (bicyclic) bond motifs is 1. The number of nitrogens with zero attached hydrogens (tertiary/aromatic N) is 2. The number of benzene rings is 3. The minimum atomic E-state index is -5.07. The van der Waals surface area contributed by atoms with Crippen molar-refractivity contribution in [3.8, 4) is 5.69 Å². The van der Waals surface area contributed by atoms with Crippen LogP contribution in [0.5, 0.6) is 0 Å². The number of hydrogen-bond donors (Lipinski definition) is 2. The van der Waals surface area contributed by atoms with Crippen LogP contribution in [0, 0.1) is 11.6 Å². The summed E-state index contributed by atoms with van der Waals surface area (Å²) in [6.45, 7) is 0. The van der Waals surface area contributed by atoms with Crippen molar-refractivity contribution in [2.45, 2.75) is 18.6 Å². The van der Waals surface area contributed by atoms with E-state index >= 15 is 0 Å². The first-order chi connectivity index (χ1) is 18.3. The number of aromatic nitrogens is 2. The second-order valence-electron chi connectivity index (χ2n) is 8.55. The number of halogens is 5. The quantitative estimate of drug-likeness (QED) is 0.360. The Balaban J connectivity index is 1.72. The Morgan fingerprint density at radius 1 is 0.974 bits per heavy atom. The van der Waals surface area contributed by atoms with Gasteiger partial charge in [-0.25, -0.2) is 22.9 Å². The van der Waals surface area contributed by atoms with Crippen LogP contribution in [0.15, 0.2) is 70.4 Å². The molecule has 0 unspecified atom stereocenters. The third kappa shape index (κ3) is 5.28. The summed E-state index contributed by atoms with van der Waals surface area (Å²) < 4.78 is 69.1. The van der Waals surface area contributed by atoms with Gasteiger partial charge in [-0.15, -0.1) is 0 Å². The molecule has 0 radical (unpaired) electrons. The predicted molar refractivity (Wildman–Crippen MR) is 129 cm³/mol. The number of carbonyl (C=O) groups is 2. The average molecular weight is 547 g/mol. The van der Waals surface area contributed by atoms with Crippen LogP contribution in [0.3, 0.4) is 0 Å². The van der Waals surface area contributed by atoms with E-state index < -0.39 is 64.5 Å². The van der Waals surface area contributed by atoms with E-state index in [9.17, 15) is 46.2 Å². The van der Waals surface area contributed by atoms with Crippen LogP contribution in [0.2, 0.25) is 0 Å². The van der Waals surface area contributed by atoms with Gasteiger partial charge in [0.05, 0.1) is 11.3 Å². The Hall–Kier alpha value is -4.81. The Labute approximate surface area is 215 Å². The summed E-state index contributed by atoms with van der Waals surface area (Å²) in [4.78, 5) is 49.6. The molecular formula is C26H18F5N3O5. The lowest BCUT2D eigenvalue weighted by atomic mass is 9.97. The van der Waals surface area contributed by atoms with Gasteiger partial charge in [-0.3, -0.25) is 9.59 Å². The Bertz CT molecular complexity index is 1720. The van der Waals surface area contributed by atoms with E-state index in [0.29, 0.717) is 16.3 Å². The molecule has 1 aromatic heterocycles. The number of amides is 1. The first-order valence-corrected chi connectivity index (χ1v) is 11.2. The van der Waals surface area contributed by atoms with Crippen LogP contribution in [-0.4, -0.2) is 32.2 Å². The predicted octanol–water partition coefficient (Wildman–Crippen LogP) is 3.41. The van der Waals surface area contributed by atoms with Crippen molar-refractivity contribution in [2.75, 3.05) is 0 Å². The number of alkyl halides is 3. The number of carboxylic acid groups (broad SMARTS) is 1. The van der Waals surface area contributed by atoms with Gasteiger partial charge in [0.2, 0.25) is 0 Å². The largest absolute Gasteiger partial charge is 0.480 e. The molecule has 0 aliphatic rings. The van der Waals surface area contributed by atoms with E-state index in [4.69, 9.17) is 0 Å². The lowest BCUT2D eigenvalue weighted by Gasteiger charge is -2.18. The highest BCUT2D eigenvalue weighted by atomic mass is 19.4. The Kier molecular flexibility index (Phi) is 7.09. The molecule has 202 valence electrons. The van der Waals surface area contributed by atoms with Gasteiger partial charge >= 0.3 is 17.8 Å². The minimum Gasteiger partial charge on any atom is -0.480 e. The molecule has 0 fully saturated rings. The summed E-state index contributed by atoms with van der Waals surface area (Å²) in [5, 5.41) is 12.5. The van der Waals surface area contributed by atoms with Gasteiger partial charge in [-0.2, -0.15) is 13.2 Å². The number of aliphatic carboxylic acids is 1. The first-order valence-electron chi connectivity index (χ1n) is 11.2. The summed E-state index contributed by atoms with van der Waals surface area (Å²) in [5.74, 6) is -6.77. The molecule has 13 heteroatoms. The molecule has 4 aromatic rings. The summed E-state index contributed by atoms with van der Waals surface area (Å²) >= 11 is 0. The van der Waals surface area contributed by atoms with Gasteiger partial charge in [0.1, 0.15) is 23.2 Å². The number of rotatable bonds is 6. The topological polar surface area (TPSA) is 110 Å². The van der Waals surface area contributed by atoms with Crippen LogP contribution in [0.4, 0.5) is 22.0 Å². The molecule has 0 aliphatic heterocycles. The molecule has 1 atom stereocenters. The summed E-state index contributed by atoms with van der Waals surface area (Å²) in [5.41, 5.74) is -3.71. The average Bonchev–Trinajstić information content (AvgIpc) is 2.85. The number of carboxylic acids is 1. The SMILES string of the molecule is Cn1ccc(=O)n(-c2cccc3c(C[C@H](NC(=O)c4c(F)cc(C(F)(F)F)cc4F)C(=O)O)cccc23)c1=O. The molecule has 2 N–H and O–H groups in total. The van der Waals surface area contributed by atoms with Crippen molar-refractivity contribution >= 4 is 22.6 Å². The number of aryl methyl sites for hydroxylation is 1. The summed E-state index contributed by atoms with van der Waals surface area (Å²) in [6.07, 6.45) is -4.17. The minimum absolute atomic E-state index is 0.0597. The van der Waals surface area contributed by atoms with Crippen molar-refractivity contribution in [2.24, 2.45) is 7.05 Å². The van der Waals surface area contributed by atoms with Crippen molar-refractivity contribution < 1.29 is 36.6 Å². The van der Waals surface area contributed by atoms with Gasteiger partial charge in [0.25, 0.3) is 11.5 Å². The zero-order valence-corrected chi connectivity index (χ0v) is 19.9. The van der Waals surface area contributed by atoms with Gasteiger partial charge in [0, 0.05) is 31.1 Å².